The molecule has 4 rings (SSSR count). The van der Waals surface area contributed by atoms with Gasteiger partial charge in [0.2, 0.25) is 5.91 Å². The van der Waals surface area contributed by atoms with Gasteiger partial charge in [-0.2, -0.15) is 0 Å². The molecule has 2 amide bonds. The Morgan fingerprint density at radius 2 is 1.68 bits per heavy atom. The fourth-order valence-corrected chi connectivity index (χ4v) is 3.62. The van der Waals surface area contributed by atoms with Crippen molar-refractivity contribution in [2.75, 3.05) is 27.3 Å². The second-order valence-electron chi connectivity index (χ2n) is 7.08. The number of benzene rings is 2. The number of carbonyl (C=O) groups is 2. The molecular formula is C23H24N4O4. The van der Waals surface area contributed by atoms with Crippen LogP contribution in [-0.2, 0) is 11.2 Å². The van der Waals surface area contributed by atoms with E-state index < -0.39 is 0 Å². The molecule has 0 saturated carbocycles. The molecule has 2 aromatic heterocycles. The Bertz CT molecular complexity index is 1200. The van der Waals surface area contributed by atoms with Crippen LogP contribution < -0.4 is 20.1 Å². The molecule has 0 fully saturated rings. The smallest absolute Gasteiger partial charge is 0.267 e. The standard InChI is InChI=1S/C23H24N4O4/c1-30-19-7-8-20(31-2)22-16(19)12-18(27-22)23(29)25-10-9-24-21(28)11-14-13-26-17-6-4-3-5-15(14)17/h3-8,12-13,26-27H,9-11H2,1-2H3,(H,24,28)(H,25,29). The van der Waals surface area contributed by atoms with E-state index in [1.165, 1.54) is 0 Å². The van der Waals surface area contributed by atoms with Gasteiger partial charge < -0.3 is 30.1 Å². The van der Waals surface area contributed by atoms with Crippen LogP contribution in [0.25, 0.3) is 21.8 Å². The predicted octanol–water partition coefficient (Wildman–Crippen LogP) is 2.76. The van der Waals surface area contributed by atoms with Gasteiger partial charge in [-0.3, -0.25) is 9.59 Å². The van der Waals surface area contributed by atoms with E-state index in [-0.39, 0.29) is 18.2 Å². The van der Waals surface area contributed by atoms with Gasteiger partial charge in [0.05, 0.1) is 26.2 Å². The van der Waals surface area contributed by atoms with E-state index in [2.05, 4.69) is 20.6 Å². The van der Waals surface area contributed by atoms with Gasteiger partial charge in [0.15, 0.2) is 0 Å². The maximum absolute atomic E-state index is 12.5. The molecule has 4 N–H and O–H groups in total. The maximum Gasteiger partial charge on any atom is 0.267 e. The van der Waals surface area contributed by atoms with Crippen LogP contribution in [0.2, 0.25) is 0 Å². The first-order valence-corrected chi connectivity index (χ1v) is 9.94. The lowest BCUT2D eigenvalue weighted by molar-refractivity contribution is -0.120. The number of ether oxygens (including phenoxy) is 2. The van der Waals surface area contributed by atoms with Crippen LogP contribution in [0.1, 0.15) is 16.1 Å². The van der Waals surface area contributed by atoms with Crippen molar-refractivity contribution in [1.29, 1.82) is 0 Å². The third-order valence-electron chi connectivity index (χ3n) is 5.16. The molecule has 0 aliphatic rings. The molecule has 0 bridgehead atoms. The average molecular weight is 420 g/mol. The Kier molecular flexibility index (Phi) is 5.79. The van der Waals surface area contributed by atoms with Gasteiger partial charge in [-0.05, 0) is 29.8 Å². The van der Waals surface area contributed by atoms with Crippen LogP contribution >= 0.6 is 0 Å². The van der Waals surface area contributed by atoms with Gasteiger partial charge in [0.1, 0.15) is 17.2 Å². The van der Waals surface area contributed by atoms with Gasteiger partial charge in [-0.15, -0.1) is 0 Å². The Hall–Kier alpha value is -3.94. The normalized spacial score (nSPS) is 10.9. The Balaban J connectivity index is 1.31. The summed E-state index contributed by atoms with van der Waals surface area (Å²) in [7, 11) is 3.15. The van der Waals surface area contributed by atoms with Crippen molar-refractivity contribution in [3.8, 4) is 11.5 Å². The summed E-state index contributed by atoms with van der Waals surface area (Å²) in [5, 5.41) is 7.44. The molecule has 0 spiro atoms. The van der Waals surface area contributed by atoms with E-state index >= 15 is 0 Å². The van der Waals surface area contributed by atoms with Gasteiger partial charge in [0.25, 0.3) is 5.91 Å². The number of H-pyrrole nitrogens is 2. The first kappa shape index (κ1) is 20.3. The van der Waals surface area contributed by atoms with E-state index in [1.807, 2.05) is 30.5 Å². The number of carbonyl (C=O) groups excluding carboxylic acids is 2. The van der Waals surface area contributed by atoms with Crippen molar-refractivity contribution in [1.82, 2.24) is 20.6 Å². The number of hydrogen-bond acceptors (Lipinski definition) is 4. The fourth-order valence-electron chi connectivity index (χ4n) is 3.62. The highest BCUT2D eigenvalue weighted by Crippen LogP contribution is 2.33. The number of aromatic amines is 2. The zero-order chi connectivity index (χ0) is 21.8. The van der Waals surface area contributed by atoms with Crippen molar-refractivity contribution >= 4 is 33.6 Å². The summed E-state index contributed by atoms with van der Waals surface area (Å²) in [5.41, 5.74) is 3.03. The summed E-state index contributed by atoms with van der Waals surface area (Å²) in [6.07, 6.45) is 2.13. The van der Waals surface area contributed by atoms with Crippen molar-refractivity contribution < 1.29 is 19.1 Å². The molecule has 0 aliphatic carbocycles. The highest BCUT2D eigenvalue weighted by atomic mass is 16.5. The van der Waals surface area contributed by atoms with Crippen LogP contribution in [0, 0.1) is 0 Å². The number of para-hydroxylation sites is 1. The van der Waals surface area contributed by atoms with E-state index in [1.54, 1.807) is 32.4 Å². The van der Waals surface area contributed by atoms with Gasteiger partial charge in [-0.1, -0.05) is 18.2 Å². The number of rotatable bonds is 8. The summed E-state index contributed by atoms with van der Waals surface area (Å²) in [5.74, 6) is 0.903. The molecule has 8 nitrogen and oxygen atoms in total. The van der Waals surface area contributed by atoms with Gasteiger partial charge in [0, 0.05) is 35.6 Å². The predicted molar refractivity (Wildman–Crippen MR) is 119 cm³/mol. The summed E-state index contributed by atoms with van der Waals surface area (Å²) in [4.78, 5) is 31.0. The number of amides is 2. The molecule has 8 heteroatoms. The van der Waals surface area contributed by atoms with Crippen molar-refractivity contribution in [2.24, 2.45) is 0 Å². The topological polar surface area (TPSA) is 108 Å². The zero-order valence-corrected chi connectivity index (χ0v) is 17.4. The lowest BCUT2D eigenvalue weighted by Gasteiger charge is -2.06. The minimum Gasteiger partial charge on any atom is -0.496 e. The van der Waals surface area contributed by atoms with Crippen LogP contribution in [0.3, 0.4) is 0 Å². The summed E-state index contributed by atoms with van der Waals surface area (Å²) >= 11 is 0. The van der Waals surface area contributed by atoms with Crippen molar-refractivity contribution in [2.45, 2.75) is 6.42 Å². The van der Waals surface area contributed by atoms with E-state index in [0.29, 0.717) is 35.8 Å². The minimum atomic E-state index is -0.272. The second kappa shape index (κ2) is 8.83. The molecule has 160 valence electrons. The Morgan fingerprint density at radius 1 is 0.935 bits per heavy atom. The first-order chi connectivity index (χ1) is 15.1. The Labute approximate surface area is 178 Å². The minimum absolute atomic E-state index is 0.0981. The van der Waals surface area contributed by atoms with Crippen LogP contribution in [0.4, 0.5) is 0 Å². The number of nitrogens with one attached hydrogen (secondary N) is 4. The van der Waals surface area contributed by atoms with Crippen molar-refractivity contribution in [3.05, 3.63) is 59.9 Å². The average Bonchev–Trinajstić information content (AvgIpc) is 3.41. The molecule has 2 aromatic carbocycles. The third-order valence-corrected chi connectivity index (χ3v) is 5.16. The fraction of sp³-hybridized carbons (Fsp3) is 0.217. The van der Waals surface area contributed by atoms with Crippen LogP contribution in [0.5, 0.6) is 11.5 Å². The lowest BCUT2D eigenvalue weighted by Crippen LogP contribution is -2.35. The largest absolute Gasteiger partial charge is 0.496 e. The summed E-state index contributed by atoms with van der Waals surface area (Å²) < 4.78 is 10.7. The maximum atomic E-state index is 12.5. The summed E-state index contributed by atoms with van der Waals surface area (Å²) in [6.45, 7) is 0.641. The van der Waals surface area contributed by atoms with E-state index in [9.17, 15) is 9.59 Å². The highest BCUT2D eigenvalue weighted by molar-refractivity contribution is 6.01. The second-order valence-corrected chi connectivity index (χ2v) is 7.08. The molecule has 2 heterocycles. The number of methoxy groups -OCH3 is 2. The molecule has 0 unspecified atom stereocenters. The van der Waals surface area contributed by atoms with Crippen LogP contribution in [0.15, 0.2) is 48.7 Å². The number of aromatic nitrogens is 2. The lowest BCUT2D eigenvalue weighted by atomic mass is 10.1. The molecule has 0 radical (unpaired) electrons. The van der Waals surface area contributed by atoms with Gasteiger partial charge >= 0.3 is 0 Å². The first-order valence-electron chi connectivity index (χ1n) is 9.94. The van der Waals surface area contributed by atoms with Crippen LogP contribution in [-0.4, -0.2) is 49.1 Å². The SMILES string of the molecule is COc1ccc(OC)c2[nH]c(C(=O)NCCNC(=O)Cc3c[nH]c4ccccc34)cc12. The third kappa shape index (κ3) is 4.18. The number of hydrogen-bond donors (Lipinski definition) is 4. The van der Waals surface area contributed by atoms with Gasteiger partial charge in [-0.25, -0.2) is 0 Å². The molecule has 4 aromatic rings. The molecule has 0 aliphatic heterocycles. The number of fused-ring (bicyclic) bond motifs is 2. The quantitative estimate of drug-likeness (QED) is 0.329. The highest BCUT2D eigenvalue weighted by Gasteiger charge is 2.15. The van der Waals surface area contributed by atoms with Crippen molar-refractivity contribution in [3.63, 3.8) is 0 Å². The molecular weight excluding hydrogens is 396 g/mol. The Morgan fingerprint density at radius 3 is 2.48 bits per heavy atom. The molecule has 31 heavy (non-hydrogen) atoms. The monoisotopic (exact) mass is 420 g/mol. The molecule has 0 atom stereocenters. The van der Waals surface area contributed by atoms with E-state index in [4.69, 9.17) is 9.47 Å². The van der Waals surface area contributed by atoms with E-state index in [0.717, 1.165) is 21.9 Å². The molecule has 0 saturated heterocycles. The zero-order valence-electron chi connectivity index (χ0n) is 17.4. The summed E-state index contributed by atoms with van der Waals surface area (Å²) in [6, 6.07) is 13.2.